The lowest BCUT2D eigenvalue weighted by atomic mass is 10.2. The zero-order valence-electron chi connectivity index (χ0n) is 14.2. The fourth-order valence-corrected chi connectivity index (χ4v) is 3.93. The fraction of sp³-hybridized carbons (Fsp3) is 0.150. The average Bonchev–Trinajstić information content (AvgIpc) is 3.09. The zero-order valence-corrected chi connectivity index (χ0v) is 15.8. The lowest BCUT2D eigenvalue weighted by Crippen LogP contribution is -2.22. The highest BCUT2D eigenvalue weighted by Crippen LogP contribution is 2.18. The number of halogens is 1. The molecule has 0 fully saturated rings. The van der Waals surface area contributed by atoms with Gasteiger partial charge in [-0.3, -0.25) is 9.00 Å². The molecule has 0 aliphatic carbocycles. The van der Waals surface area contributed by atoms with E-state index in [-0.39, 0.29) is 17.4 Å². The van der Waals surface area contributed by atoms with Gasteiger partial charge in [-0.15, -0.1) is 0 Å². The third-order valence-corrected chi connectivity index (χ3v) is 5.76. The summed E-state index contributed by atoms with van der Waals surface area (Å²) in [5.41, 5.74) is 1.80. The van der Waals surface area contributed by atoms with Gasteiger partial charge in [-0.1, -0.05) is 48.0 Å². The SMILES string of the molecule is Cc1ccccc1[S@](=O)Cc1ccc(C(=O)NCc2ccccc2Cl)o1. The summed E-state index contributed by atoms with van der Waals surface area (Å²) in [7, 11) is -1.23. The summed E-state index contributed by atoms with van der Waals surface area (Å²) < 4.78 is 18.1. The largest absolute Gasteiger partial charge is 0.455 e. The molecule has 1 heterocycles. The number of hydrogen-bond acceptors (Lipinski definition) is 3. The standard InChI is InChI=1S/C20H18ClNO3S/c1-14-6-2-5-9-19(14)26(24)13-16-10-11-18(25-16)20(23)22-12-15-7-3-4-8-17(15)21/h2-11H,12-13H2,1H3,(H,22,23)/t26-/m1/s1. The Kier molecular flexibility index (Phi) is 5.91. The molecule has 1 N–H and O–H groups in total. The molecule has 0 spiro atoms. The van der Waals surface area contributed by atoms with Gasteiger partial charge in [0, 0.05) is 16.5 Å². The number of aryl methyl sites for hydroxylation is 1. The monoisotopic (exact) mass is 387 g/mol. The first-order chi connectivity index (χ1) is 12.5. The Morgan fingerprint density at radius 3 is 2.58 bits per heavy atom. The number of hydrogen-bond donors (Lipinski definition) is 1. The molecule has 0 unspecified atom stereocenters. The normalized spacial score (nSPS) is 11.9. The van der Waals surface area contributed by atoms with Gasteiger partial charge in [-0.25, -0.2) is 0 Å². The van der Waals surface area contributed by atoms with Gasteiger partial charge < -0.3 is 9.73 Å². The van der Waals surface area contributed by atoms with Crippen LogP contribution in [0.4, 0.5) is 0 Å². The molecule has 0 saturated heterocycles. The molecule has 26 heavy (non-hydrogen) atoms. The van der Waals surface area contributed by atoms with Crippen molar-refractivity contribution in [1.82, 2.24) is 5.32 Å². The summed E-state index contributed by atoms with van der Waals surface area (Å²) in [6.07, 6.45) is 0. The van der Waals surface area contributed by atoms with Crippen LogP contribution in [0, 0.1) is 6.92 Å². The van der Waals surface area contributed by atoms with Gasteiger partial charge in [-0.2, -0.15) is 0 Å². The van der Waals surface area contributed by atoms with Crippen LogP contribution in [0.1, 0.15) is 27.4 Å². The number of rotatable bonds is 6. The molecule has 1 aromatic heterocycles. The Morgan fingerprint density at radius 1 is 1.08 bits per heavy atom. The maximum Gasteiger partial charge on any atom is 0.287 e. The van der Waals surface area contributed by atoms with Gasteiger partial charge in [-0.05, 0) is 42.3 Å². The topological polar surface area (TPSA) is 59.3 Å². The van der Waals surface area contributed by atoms with Gasteiger partial charge in [0.2, 0.25) is 0 Å². The molecule has 0 saturated carbocycles. The summed E-state index contributed by atoms with van der Waals surface area (Å²) in [4.78, 5) is 13.0. The Balaban J connectivity index is 1.62. The minimum absolute atomic E-state index is 0.189. The van der Waals surface area contributed by atoms with Crippen molar-refractivity contribution in [2.75, 3.05) is 0 Å². The van der Waals surface area contributed by atoms with Crippen molar-refractivity contribution in [3.05, 3.63) is 88.3 Å². The van der Waals surface area contributed by atoms with Gasteiger partial charge >= 0.3 is 0 Å². The summed E-state index contributed by atoms with van der Waals surface area (Å²) in [5, 5.41) is 3.37. The highest BCUT2D eigenvalue weighted by molar-refractivity contribution is 7.84. The molecular weight excluding hydrogens is 370 g/mol. The third kappa shape index (κ3) is 4.42. The van der Waals surface area contributed by atoms with Gasteiger partial charge in [0.05, 0.1) is 16.6 Å². The van der Waals surface area contributed by atoms with Crippen LogP contribution < -0.4 is 5.32 Å². The first kappa shape index (κ1) is 18.4. The lowest BCUT2D eigenvalue weighted by molar-refractivity contribution is 0.0921. The smallest absolute Gasteiger partial charge is 0.287 e. The molecule has 2 aromatic carbocycles. The van der Waals surface area contributed by atoms with Crippen LogP contribution in [-0.4, -0.2) is 10.1 Å². The molecule has 134 valence electrons. The molecular formula is C20H18ClNO3S. The van der Waals surface area contributed by atoms with E-state index in [0.717, 1.165) is 16.0 Å². The van der Waals surface area contributed by atoms with Crippen LogP contribution in [0.15, 0.2) is 70.0 Å². The first-order valence-corrected chi connectivity index (χ1v) is 9.78. The summed E-state index contributed by atoms with van der Waals surface area (Å²) in [6.45, 7) is 2.23. The van der Waals surface area contributed by atoms with E-state index in [1.54, 1.807) is 18.2 Å². The highest BCUT2D eigenvalue weighted by Gasteiger charge is 2.14. The molecule has 4 nitrogen and oxygen atoms in total. The number of nitrogens with one attached hydrogen (secondary N) is 1. The van der Waals surface area contributed by atoms with Crippen LogP contribution in [0.3, 0.4) is 0 Å². The zero-order chi connectivity index (χ0) is 18.5. The van der Waals surface area contributed by atoms with E-state index in [1.807, 2.05) is 49.4 Å². The average molecular weight is 388 g/mol. The number of carbonyl (C=O) groups is 1. The van der Waals surface area contributed by atoms with Crippen molar-refractivity contribution in [2.24, 2.45) is 0 Å². The van der Waals surface area contributed by atoms with Crippen molar-refractivity contribution in [2.45, 2.75) is 24.1 Å². The summed E-state index contributed by atoms with van der Waals surface area (Å²) in [6, 6.07) is 18.1. The van der Waals surface area contributed by atoms with Crippen molar-refractivity contribution in [3.63, 3.8) is 0 Å². The van der Waals surface area contributed by atoms with Crippen LogP contribution in [0.5, 0.6) is 0 Å². The number of benzene rings is 2. The van der Waals surface area contributed by atoms with Crippen LogP contribution in [-0.2, 0) is 23.1 Å². The molecule has 3 rings (SSSR count). The maximum absolute atomic E-state index is 12.5. The van der Waals surface area contributed by atoms with Gasteiger partial charge in [0.15, 0.2) is 5.76 Å². The lowest BCUT2D eigenvalue weighted by Gasteiger charge is -2.05. The molecule has 1 amide bonds. The quantitative estimate of drug-likeness (QED) is 0.678. The van der Waals surface area contributed by atoms with Crippen LogP contribution in [0.25, 0.3) is 0 Å². The second kappa shape index (κ2) is 8.34. The van der Waals surface area contributed by atoms with Crippen molar-refractivity contribution in [3.8, 4) is 0 Å². The highest BCUT2D eigenvalue weighted by atomic mass is 35.5. The van der Waals surface area contributed by atoms with Crippen LogP contribution >= 0.6 is 11.6 Å². The van der Waals surface area contributed by atoms with E-state index in [1.165, 1.54) is 0 Å². The molecule has 0 bridgehead atoms. The molecule has 6 heteroatoms. The number of amides is 1. The predicted molar refractivity (Wildman–Crippen MR) is 103 cm³/mol. The molecule has 1 atom stereocenters. The van der Waals surface area contributed by atoms with E-state index in [4.69, 9.17) is 16.0 Å². The maximum atomic E-state index is 12.5. The fourth-order valence-electron chi connectivity index (χ4n) is 2.50. The number of furan rings is 1. The Bertz CT molecular complexity index is 951. The molecule has 3 aromatic rings. The Labute approximate surface area is 159 Å². The first-order valence-electron chi connectivity index (χ1n) is 8.09. The van der Waals surface area contributed by atoms with Crippen molar-refractivity contribution >= 4 is 28.3 Å². The third-order valence-electron chi connectivity index (χ3n) is 3.89. The molecule has 0 aliphatic heterocycles. The molecule has 0 radical (unpaired) electrons. The summed E-state index contributed by atoms with van der Waals surface area (Å²) in [5.74, 6) is 0.587. The van der Waals surface area contributed by atoms with E-state index in [0.29, 0.717) is 17.3 Å². The minimum Gasteiger partial charge on any atom is -0.455 e. The van der Waals surface area contributed by atoms with E-state index in [9.17, 15) is 9.00 Å². The Morgan fingerprint density at radius 2 is 1.81 bits per heavy atom. The van der Waals surface area contributed by atoms with Crippen LogP contribution in [0.2, 0.25) is 5.02 Å². The van der Waals surface area contributed by atoms with Crippen molar-refractivity contribution < 1.29 is 13.4 Å². The predicted octanol–water partition coefficient (Wildman–Crippen LogP) is 4.48. The minimum atomic E-state index is -1.23. The summed E-state index contributed by atoms with van der Waals surface area (Å²) >= 11 is 6.08. The van der Waals surface area contributed by atoms with Gasteiger partial charge in [0.1, 0.15) is 5.76 Å². The molecule has 0 aliphatic rings. The van der Waals surface area contributed by atoms with Gasteiger partial charge in [0.25, 0.3) is 5.91 Å². The Hall–Kier alpha value is -2.37. The van der Waals surface area contributed by atoms with Crippen molar-refractivity contribution in [1.29, 1.82) is 0 Å². The second-order valence-corrected chi connectivity index (χ2v) is 7.62. The van der Waals surface area contributed by atoms with E-state index < -0.39 is 10.8 Å². The van der Waals surface area contributed by atoms with E-state index >= 15 is 0 Å². The van der Waals surface area contributed by atoms with E-state index in [2.05, 4.69) is 5.32 Å². The second-order valence-electron chi connectivity index (χ2n) is 5.80. The number of carbonyl (C=O) groups excluding carboxylic acids is 1.